The summed E-state index contributed by atoms with van der Waals surface area (Å²) >= 11 is 0. The maximum Gasteiger partial charge on any atom is 0.213 e. The molecule has 0 amide bonds. The van der Waals surface area contributed by atoms with Crippen molar-refractivity contribution >= 4 is 10.0 Å². The van der Waals surface area contributed by atoms with E-state index in [9.17, 15) is 8.42 Å². The van der Waals surface area contributed by atoms with Gasteiger partial charge in [0, 0.05) is 13.2 Å². The van der Waals surface area contributed by atoms with Gasteiger partial charge in [0.1, 0.15) is 0 Å². The van der Waals surface area contributed by atoms with E-state index in [0.29, 0.717) is 13.2 Å². The summed E-state index contributed by atoms with van der Waals surface area (Å²) in [5.74, 6) is -0.227. The summed E-state index contributed by atoms with van der Waals surface area (Å²) in [5, 5.41) is 8.46. The Bertz CT molecular complexity index is 238. The van der Waals surface area contributed by atoms with Gasteiger partial charge >= 0.3 is 0 Å². The van der Waals surface area contributed by atoms with Gasteiger partial charge in [0.05, 0.1) is 18.5 Å². The highest BCUT2D eigenvalue weighted by Crippen LogP contribution is 1.94. The van der Waals surface area contributed by atoms with E-state index >= 15 is 0 Å². The fourth-order valence-corrected chi connectivity index (χ4v) is 1.81. The molecule has 0 aliphatic carbocycles. The molecule has 0 aromatic heterocycles. The molecule has 0 aliphatic rings. The lowest BCUT2D eigenvalue weighted by molar-refractivity contribution is 0.0762. The number of hydrogen-bond acceptors (Lipinski definition) is 4. The first-order chi connectivity index (χ1) is 6.98. The maximum atomic E-state index is 11.1. The Morgan fingerprint density at radius 1 is 1.33 bits per heavy atom. The molecular weight excluding hydrogens is 218 g/mol. The molecule has 0 fully saturated rings. The summed E-state index contributed by atoms with van der Waals surface area (Å²) in [5.41, 5.74) is 0. The first kappa shape index (κ1) is 14.8. The lowest BCUT2D eigenvalue weighted by Crippen LogP contribution is -2.28. The quantitative estimate of drug-likeness (QED) is 0.560. The average molecular weight is 239 g/mol. The number of nitrogens with one attached hydrogen (secondary N) is 1. The van der Waals surface area contributed by atoms with Crippen molar-refractivity contribution in [3.63, 3.8) is 0 Å². The Balaban J connectivity index is 3.38. The third-order valence-corrected chi connectivity index (χ3v) is 3.07. The van der Waals surface area contributed by atoms with Gasteiger partial charge in [0.15, 0.2) is 0 Å². The van der Waals surface area contributed by atoms with Crippen LogP contribution in [0.15, 0.2) is 0 Å². The van der Waals surface area contributed by atoms with Crippen LogP contribution in [0.25, 0.3) is 0 Å². The third-order valence-electron chi connectivity index (χ3n) is 1.70. The highest BCUT2D eigenvalue weighted by Gasteiger charge is 2.07. The summed E-state index contributed by atoms with van der Waals surface area (Å²) < 4.78 is 29.8. The van der Waals surface area contributed by atoms with Crippen LogP contribution in [0.1, 0.15) is 26.7 Å². The zero-order valence-electron chi connectivity index (χ0n) is 9.40. The zero-order chi connectivity index (χ0) is 11.7. The largest absolute Gasteiger partial charge is 0.395 e. The third kappa shape index (κ3) is 10.1. The molecule has 0 heterocycles. The first-order valence-corrected chi connectivity index (χ1v) is 6.83. The molecule has 0 aliphatic heterocycles. The summed E-state index contributed by atoms with van der Waals surface area (Å²) in [7, 11) is -3.28. The Morgan fingerprint density at radius 3 is 2.53 bits per heavy atom. The molecule has 15 heavy (non-hydrogen) atoms. The minimum atomic E-state index is -3.28. The van der Waals surface area contributed by atoms with Crippen LogP contribution >= 0.6 is 0 Å². The smallest absolute Gasteiger partial charge is 0.213 e. The Labute approximate surface area is 91.9 Å². The SMILES string of the molecule is CC(C)OCCCCNS(=O)(=O)CCO. The lowest BCUT2D eigenvalue weighted by Gasteiger charge is -2.07. The Kier molecular flexibility index (Phi) is 7.95. The van der Waals surface area contributed by atoms with E-state index in [0.717, 1.165) is 12.8 Å². The summed E-state index contributed by atoms with van der Waals surface area (Å²) in [6.07, 6.45) is 1.80. The van der Waals surface area contributed by atoms with Crippen LogP contribution in [0.3, 0.4) is 0 Å². The highest BCUT2D eigenvalue weighted by molar-refractivity contribution is 7.89. The maximum absolute atomic E-state index is 11.1. The fourth-order valence-electron chi connectivity index (χ4n) is 0.966. The monoisotopic (exact) mass is 239 g/mol. The molecule has 0 atom stereocenters. The van der Waals surface area contributed by atoms with Crippen LogP contribution in [0.5, 0.6) is 0 Å². The highest BCUT2D eigenvalue weighted by atomic mass is 32.2. The fraction of sp³-hybridized carbons (Fsp3) is 1.00. The number of hydrogen-bond donors (Lipinski definition) is 2. The van der Waals surface area contributed by atoms with E-state index in [4.69, 9.17) is 9.84 Å². The predicted molar refractivity (Wildman–Crippen MR) is 59.2 cm³/mol. The lowest BCUT2D eigenvalue weighted by atomic mass is 10.3. The summed E-state index contributed by atoms with van der Waals surface area (Å²) in [6.45, 7) is 4.64. The molecule has 0 unspecified atom stereocenters. The second-order valence-corrected chi connectivity index (χ2v) is 5.49. The van der Waals surface area contributed by atoms with Crippen molar-refractivity contribution in [2.45, 2.75) is 32.8 Å². The van der Waals surface area contributed by atoms with E-state index < -0.39 is 10.0 Å². The van der Waals surface area contributed by atoms with E-state index in [1.165, 1.54) is 0 Å². The van der Waals surface area contributed by atoms with Gasteiger partial charge in [-0.2, -0.15) is 0 Å². The number of sulfonamides is 1. The van der Waals surface area contributed by atoms with E-state index in [1.807, 2.05) is 13.8 Å². The standard InChI is InChI=1S/C9H21NO4S/c1-9(2)14-7-4-3-5-10-15(12,13)8-6-11/h9-11H,3-8H2,1-2H3. The molecule has 0 radical (unpaired) electrons. The van der Waals surface area contributed by atoms with Crippen LogP contribution in [0.4, 0.5) is 0 Å². The molecule has 0 aromatic carbocycles. The number of aliphatic hydroxyl groups is 1. The molecule has 5 nitrogen and oxygen atoms in total. The van der Waals surface area contributed by atoms with Crippen molar-refractivity contribution in [1.82, 2.24) is 4.72 Å². The van der Waals surface area contributed by atoms with E-state index in [1.54, 1.807) is 0 Å². The molecule has 92 valence electrons. The second-order valence-electron chi connectivity index (χ2n) is 3.56. The molecule has 0 bridgehead atoms. The van der Waals surface area contributed by atoms with Crippen LogP contribution in [-0.4, -0.2) is 45.1 Å². The van der Waals surface area contributed by atoms with Crippen molar-refractivity contribution in [3.05, 3.63) is 0 Å². The van der Waals surface area contributed by atoms with Crippen molar-refractivity contribution in [2.24, 2.45) is 0 Å². The average Bonchev–Trinajstić information content (AvgIpc) is 2.10. The van der Waals surface area contributed by atoms with Gasteiger partial charge in [-0.25, -0.2) is 13.1 Å². The molecule has 0 saturated carbocycles. The summed E-state index contributed by atoms with van der Waals surface area (Å²) in [4.78, 5) is 0. The van der Waals surface area contributed by atoms with Gasteiger partial charge in [0.2, 0.25) is 10.0 Å². The minimum absolute atomic E-state index is 0.219. The van der Waals surface area contributed by atoms with Gasteiger partial charge in [-0.15, -0.1) is 0 Å². The van der Waals surface area contributed by atoms with Crippen LogP contribution in [0, 0.1) is 0 Å². The van der Waals surface area contributed by atoms with Crippen LogP contribution < -0.4 is 4.72 Å². The molecule has 2 N–H and O–H groups in total. The number of unbranched alkanes of at least 4 members (excludes halogenated alkanes) is 1. The number of rotatable bonds is 9. The molecular formula is C9H21NO4S. The molecule has 0 aromatic rings. The van der Waals surface area contributed by atoms with E-state index in [2.05, 4.69) is 4.72 Å². The van der Waals surface area contributed by atoms with Crippen molar-refractivity contribution in [1.29, 1.82) is 0 Å². The summed E-state index contributed by atoms with van der Waals surface area (Å²) in [6, 6.07) is 0. The number of aliphatic hydroxyl groups excluding tert-OH is 1. The zero-order valence-corrected chi connectivity index (χ0v) is 10.2. The van der Waals surface area contributed by atoms with Crippen LogP contribution in [-0.2, 0) is 14.8 Å². The topological polar surface area (TPSA) is 75.6 Å². The molecule has 0 spiro atoms. The Morgan fingerprint density at radius 2 is 2.00 bits per heavy atom. The molecule has 0 rings (SSSR count). The van der Waals surface area contributed by atoms with Gasteiger partial charge in [-0.3, -0.25) is 0 Å². The Hall–Kier alpha value is -0.170. The molecule has 6 heteroatoms. The van der Waals surface area contributed by atoms with Crippen molar-refractivity contribution in [3.8, 4) is 0 Å². The van der Waals surface area contributed by atoms with Crippen LogP contribution in [0.2, 0.25) is 0 Å². The van der Waals surface area contributed by atoms with E-state index in [-0.39, 0.29) is 18.5 Å². The van der Waals surface area contributed by atoms with Gasteiger partial charge < -0.3 is 9.84 Å². The van der Waals surface area contributed by atoms with Crippen molar-refractivity contribution < 1.29 is 18.3 Å². The van der Waals surface area contributed by atoms with Gasteiger partial charge in [-0.1, -0.05) is 0 Å². The van der Waals surface area contributed by atoms with Gasteiger partial charge in [0.25, 0.3) is 0 Å². The second kappa shape index (κ2) is 8.04. The molecule has 0 saturated heterocycles. The van der Waals surface area contributed by atoms with Gasteiger partial charge in [-0.05, 0) is 26.7 Å². The minimum Gasteiger partial charge on any atom is -0.395 e. The van der Waals surface area contributed by atoms with Crippen molar-refractivity contribution in [2.75, 3.05) is 25.5 Å². The first-order valence-electron chi connectivity index (χ1n) is 5.17. The predicted octanol–water partition coefficient (Wildman–Crippen LogP) is 0.103. The normalized spacial score (nSPS) is 12.3. The number of ether oxygens (including phenoxy) is 1.